The average Bonchev–Trinajstić information content (AvgIpc) is 2.54. The van der Waals surface area contributed by atoms with Gasteiger partial charge in [0.1, 0.15) is 28.6 Å². The number of aliphatic hydroxyl groups excluding tert-OH is 1. The molecule has 6 heteroatoms. The number of rotatable bonds is 2. The fourth-order valence-electron chi connectivity index (χ4n) is 2.70. The van der Waals surface area contributed by atoms with Crippen molar-refractivity contribution in [1.82, 2.24) is 0 Å². The summed E-state index contributed by atoms with van der Waals surface area (Å²) < 4.78 is 10.9. The Labute approximate surface area is 132 Å². The van der Waals surface area contributed by atoms with E-state index >= 15 is 0 Å². The third kappa shape index (κ3) is 2.37. The number of Topliss-reactive ketones (excluding diaryl/α,β-unsaturated/α-hetero) is 1. The van der Waals surface area contributed by atoms with Crippen molar-refractivity contribution in [2.75, 3.05) is 7.11 Å². The lowest BCUT2D eigenvalue weighted by Crippen LogP contribution is -2.36. The summed E-state index contributed by atoms with van der Waals surface area (Å²) in [6, 6.07) is 7.35. The Morgan fingerprint density at radius 3 is 2.43 bits per heavy atom. The lowest BCUT2D eigenvalue weighted by Gasteiger charge is -2.31. The van der Waals surface area contributed by atoms with Crippen molar-refractivity contribution in [3.63, 3.8) is 0 Å². The Hall–Kier alpha value is -2.73. The number of hydrogen-bond acceptors (Lipinski definition) is 6. The number of ether oxygens (including phenoxy) is 2. The molecule has 6 nitrogen and oxygen atoms in total. The summed E-state index contributed by atoms with van der Waals surface area (Å²) in [5.41, 5.74) is 1.05. The Balaban J connectivity index is 2.11. The third-order valence-corrected chi connectivity index (χ3v) is 3.95. The fourth-order valence-corrected chi connectivity index (χ4v) is 2.70. The number of benzene rings is 2. The maximum Gasteiger partial charge on any atom is 0.202 e. The molecule has 3 N–H and O–H groups in total. The summed E-state index contributed by atoms with van der Waals surface area (Å²) >= 11 is 0. The van der Waals surface area contributed by atoms with E-state index in [1.165, 1.54) is 25.3 Å². The maximum absolute atomic E-state index is 12.6. The number of fused-ring (bicyclic) bond motifs is 1. The monoisotopic (exact) mass is 316 g/mol. The number of carbonyl (C=O) groups excluding carboxylic acids is 1. The second-order valence-corrected chi connectivity index (χ2v) is 5.37. The van der Waals surface area contributed by atoms with Gasteiger partial charge in [-0.1, -0.05) is 12.1 Å². The largest absolute Gasteiger partial charge is 0.508 e. The first-order valence-corrected chi connectivity index (χ1v) is 7.02. The number of aliphatic hydroxyl groups is 1. The molecular formula is C17H16O6. The molecule has 3 rings (SSSR count). The van der Waals surface area contributed by atoms with Gasteiger partial charge in [0.2, 0.25) is 5.78 Å². The number of phenols is 2. The van der Waals surface area contributed by atoms with Gasteiger partial charge in [-0.25, -0.2) is 0 Å². The number of carbonyl (C=O) groups is 1. The van der Waals surface area contributed by atoms with Crippen LogP contribution < -0.4 is 9.47 Å². The molecule has 0 aromatic heterocycles. The van der Waals surface area contributed by atoms with E-state index in [2.05, 4.69) is 0 Å². The van der Waals surface area contributed by atoms with Gasteiger partial charge in [0.25, 0.3) is 0 Å². The van der Waals surface area contributed by atoms with Crippen molar-refractivity contribution in [3.8, 4) is 23.0 Å². The zero-order valence-corrected chi connectivity index (χ0v) is 12.6. The molecule has 0 amide bonds. The lowest BCUT2D eigenvalue weighted by atomic mass is 9.91. The minimum Gasteiger partial charge on any atom is -0.508 e. The molecule has 120 valence electrons. The summed E-state index contributed by atoms with van der Waals surface area (Å²) in [7, 11) is 1.38. The number of ketones is 1. The van der Waals surface area contributed by atoms with E-state index in [9.17, 15) is 20.1 Å². The van der Waals surface area contributed by atoms with Crippen molar-refractivity contribution >= 4 is 5.78 Å². The van der Waals surface area contributed by atoms with E-state index in [-0.39, 0.29) is 28.6 Å². The van der Waals surface area contributed by atoms with E-state index in [1.807, 2.05) is 0 Å². The quantitative estimate of drug-likeness (QED) is 0.785. The van der Waals surface area contributed by atoms with Crippen LogP contribution in [0.1, 0.15) is 27.6 Å². The smallest absolute Gasteiger partial charge is 0.202 e. The topological polar surface area (TPSA) is 96.2 Å². The van der Waals surface area contributed by atoms with Gasteiger partial charge in [0.05, 0.1) is 7.11 Å². The predicted molar refractivity (Wildman–Crippen MR) is 81.2 cm³/mol. The van der Waals surface area contributed by atoms with E-state index in [0.717, 1.165) is 0 Å². The molecule has 0 radical (unpaired) electrons. The van der Waals surface area contributed by atoms with Crippen molar-refractivity contribution in [2.24, 2.45) is 0 Å². The van der Waals surface area contributed by atoms with Gasteiger partial charge in [-0.15, -0.1) is 0 Å². The molecule has 0 bridgehead atoms. The van der Waals surface area contributed by atoms with Crippen LogP contribution in [0, 0.1) is 6.92 Å². The molecule has 1 aliphatic rings. The van der Waals surface area contributed by atoms with Crippen LogP contribution in [0.3, 0.4) is 0 Å². The fraction of sp³-hybridized carbons (Fsp3) is 0.235. The second-order valence-electron chi connectivity index (χ2n) is 5.37. The minimum atomic E-state index is -1.41. The molecule has 0 aliphatic carbocycles. The van der Waals surface area contributed by atoms with E-state index in [4.69, 9.17) is 9.47 Å². The standard InChI is InChI=1S/C17H16O6/c1-8-11(19)7-12-13(16(8)22-2)14(20)15(21)17(23-12)9-3-5-10(18)6-4-9/h3-7,15,17-19,21H,1-2H3/t15-,17-/m0/s1. The second kappa shape index (κ2) is 5.48. The first-order valence-electron chi connectivity index (χ1n) is 7.02. The van der Waals surface area contributed by atoms with Crippen molar-refractivity contribution in [2.45, 2.75) is 19.1 Å². The molecule has 0 saturated heterocycles. The van der Waals surface area contributed by atoms with Gasteiger partial charge in [0.15, 0.2) is 12.2 Å². The summed E-state index contributed by atoms with van der Waals surface area (Å²) in [6.45, 7) is 1.61. The Kier molecular flexibility index (Phi) is 3.61. The number of aromatic hydroxyl groups is 2. The van der Waals surface area contributed by atoms with Gasteiger partial charge >= 0.3 is 0 Å². The Bertz CT molecular complexity index is 766. The highest BCUT2D eigenvalue weighted by Crippen LogP contribution is 2.44. The minimum absolute atomic E-state index is 0.0609. The highest BCUT2D eigenvalue weighted by molar-refractivity contribution is 6.06. The van der Waals surface area contributed by atoms with Crippen molar-refractivity contribution in [1.29, 1.82) is 0 Å². The van der Waals surface area contributed by atoms with Crippen LogP contribution in [-0.4, -0.2) is 34.3 Å². The van der Waals surface area contributed by atoms with Crippen molar-refractivity contribution < 1.29 is 29.6 Å². The first kappa shape index (κ1) is 15.2. The van der Waals surface area contributed by atoms with Crippen LogP contribution in [0.15, 0.2) is 30.3 Å². The number of methoxy groups -OCH3 is 1. The molecule has 2 aromatic carbocycles. The van der Waals surface area contributed by atoms with E-state index < -0.39 is 18.0 Å². The molecule has 0 spiro atoms. The van der Waals surface area contributed by atoms with Crippen LogP contribution in [0.25, 0.3) is 0 Å². The van der Waals surface area contributed by atoms with Crippen LogP contribution in [-0.2, 0) is 0 Å². The Morgan fingerprint density at radius 2 is 1.83 bits per heavy atom. The van der Waals surface area contributed by atoms with Crippen molar-refractivity contribution in [3.05, 3.63) is 47.0 Å². The molecule has 1 heterocycles. The van der Waals surface area contributed by atoms with Crippen LogP contribution in [0.2, 0.25) is 0 Å². The zero-order chi connectivity index (χ0) is 16.7. The summed E-state index contributed by atoms with van der Waals surface area (Å²) in [4.78, 5) is 12.6. The predicted octanol–water partition coefficient (Wildman–Crippen LogP) is 2.09. The molecular weight excluding hydrogens is 300 g/mol. The molecule has 2 aromatic rings. The molecule has 23 heavy (non-hydrogen) atoms. The number of phenolic OH excluding ortho intramolecular Hbond substituents is 2. The first-order chi connectivity index (χ1) is 10.9. The van der Waals surface area contributed by atoms with Crippen LogP contribution in [0.5, 0.6) is 23.0 Å². The zero-order valence-electron chi connectivity index (χ0n) is 12.6. The average molecular weight is 316 g/mol. The SMILES string of the molecule is COc1c(C)c(O)cc2c1C(=O)[C@H](O)[C@H](c1ccc(O)cc1)O2. The third-order valence-electron chi connectivity index (χ3n) is 3.95. The molecule has 2 atom stereocenters. The van der Waals surface area contributed by atoms with Gasteiger partial charge in [-0.3, -0.25) is 4.79 Å². The van der Waals surface area contributed by atoms with E-state index in [1.54, 1.807) is 19.1 Å². The molecule has 0 unspecified atom stereocenters. The van der Waals surface area contributed by atoms with Crippen LogP contribution in [0.4, 0.5) is 0 Å². The highest BCUT2D eigenvalue weighted by Gasteiger charge is 2.40. The van der Waals surface area contributed by atoms with Gasteiger partial charge in [-0.2, -0.15) is 0 Å². The molecule has 1 aliphatic heterocycles. The molecule has 0 saturated carbocycles. The highest BCUT2D eigenvalue weighted by atomic mass is 16.5. The molecule has 0 fully saturated rings. The summed E-state index contributed by atoms with van der Waals surface area (Å²) in [6.07, 6.45) is -2.34. The lowest BCUT2D eigenvalue weighted by molar-refractivity contribution is 0.0210. The maximum atomic E-state index is 12.6. The normalized spacial score (nSPS) is 19.9. The Morgan fingerprint density at radius 1 is 1.17 bits per heavy atom. The number of hydrogen-bond donors (Lipinski definition) is 3. The van der Waals surface area contributed by atoms with Gasteiger partial charge < -0.3 is 24.8 Å². The van der Waals surface area contributed by atoms with Gasteiger partial charge in [0, 0.05) is 11.6 Å². The summed E-state index contributed by atoms with van der Waals surface area (Å²) in [5.74, 6) is -0.189. The van der Waals surface area contributed by atoms with E-state index in [0.29, 0.717) is 11.1 Å². The van der Waals surface area contributed by atoms with Crippen LogP contribution >= 0.6 is 0 Å². The summed E-state index contributed by atoms with van der Waals surface area (Å²) in [5, 5.41) is 29.6. The van der Waals surface area contributed by atoms with Gasteiger partial charge in [-0.05, 0) is 24.6 Å².